The molecule has 0 saturated heterocycles. The molecule has 0 unspecified atom stereocenters. The number of rotatable bonds is 6. The first-order chi connectivity index (χ1) is 13.5. The zero-order chi connectivity index (χ0) is 19.9. The minimum Gasteiger partial charge on any atom is -0.465 e. The number of aromatic nitrogens is 2. The third kappa shape index (κ3) is 4.82. The van der Waals surface area contributed by atoms with E-state index in [0.29, 0.717) is 28.7 Å². The molecule has 0 atom stereocenters. The van der Waals surface area contributed by atoms with E-state index >= 15 is 0 Å². The summed E-state index contributed by atoms with van der Waals surface area (Å²) in [5.74, 6) is 0.327. The number of hydrogen-bond acceptors (Lipinski definition) is 7. The Labute approximate surface area is 162 Å². The maximum atomic E-state index is 11.9. The first-order valence-corrected chi connectivity index (χ1v) is 8.47. The summed E-state index contributed by atoms with van der Waals surface area (Å²) >= 11 is 0. The normalized spacial score (nSPS) is 10.1. The van der Waals surface area contributed by atoms with Gasteiger partial charge in [0.25, 0.3) is 0 Å². The summed E-state index contributed by atoms with van der Waals surface area (Å²) in [4.78, 5) is 31.6. The number of para-hydroxylation sites is 1. The molecular formula is C20H19N5O3. The molecule has 0 saturated carbocycles. The van der Waals surface area contributed by atoms with Crippen molar-refractivity contribution in [1.82, 2.24) is 9.97 Å². The van der Waals surface area contributed by atoms with Crippen LogP contribution < -0.4 is 16.0 Å². The Morgan fingerprint density at radius 2 is 1.64 bits per heavy atom. The molecule has 2 aromatic carbocycles. The molecule has 3 rings (SSSR count). The average Bonchev–Trinajstić information content (AvgIpc) is 2.69. The molecule has 3 N–H and O–H groups in total. The van der Waals surface area contributed by atoms with Crippen LogP contribution >= 0.6 is 0 Å². The van der Waals surface area contributed by atoms with Crippen molar-refractivity contribution in [3.8, 4) is 0 Å². The van der Waals surface area contributed by atoms with E-state index in [4.69, 9.17) is 4.74 Å². The lowest BCUT2D eigenvalue weighted by Crippen LogP contribution is -2.07. The highest BCUT2D eigenvalue weighted by molar-refractivity contribution is 5.96. The van der Waals surface area contributed by atoms with Gasteiger partial charge in [-0.2, -0.15) is 4.98 Å². The average molecular weight is 377 g/mol. The van der Waals surface area contributed by atoms with Gasteiger partial charge in [-0.1, -0.05) is 12.1 Å². The van der Waals surface area contributed by atoms with E-state index in [-0.39, 0.29) is 5.91 Å². The molecule has 1 aromatic heterocycles. The quantitative estimate of drug-likeness (QED) is 0.562. The SMILES string of the molecule is COC(=O)c1ccccc1Nc1nccc(Nc2ccc(NC(C)=O)cc2)n1. The monoisotopic (exact) mass is 377 g/mol. The third-order valence-electron chi connectivity index (χ3n) is 3.71. The van der Waals surface area contributed by atoms with Gasteiger partial charge in [-0.3, -0.25) is 4.79 Å². The van der Waals surface area contributed by atoms with E-state index in [1.54, 1.807) is 48.7 Å². The van der Waals surface area contributed by atoms with Crippen LogP contribution in [-0.4, -0.2) is 29.0 Å². The summed E-state index contributed by atoms with van der Waals surface area (Å²) in [6.45, 7) is 1.46. The number of methoxy groups -OCH3 is 1. The fourth-order valence-electron chi connectivity index (χ4n) is 2.48. The lowest BCUT2D eigenvalue weighted by Gasteiger charge is -2.11. The summed E-state index contributed by atoms with van der Waals surface area (Å²) < 4.78 is 4.79. The van der Waals surface area contributed by atoms with Gasteiger partial charge in [-0.05, 0) is 42.5 Å². The fourth-order valence-corrected chi connectivity index (χ4v) is 2.48. The molecule has 0 bridgehead atoms. The number of benzene rings is 2. The predicted octanol–water partition coefficient (Wildman–Crippen LogP) is 3.71. The molecule has 1 heterocycles. The van der Waals surface area contributed by atoms with E-state index in [2.05, 4.69) is 25.9 Å². The Morgan fingerprint density at radius 1 is 0.929 bits per heavy atom. The molecular weight excluding hydrogens is 358 g/mol. The smallest absolute Gasteiger partial charge is 0.339 e. The van der Waals surface area contributed by atoms with Crippen molar-refractivity contribution in [2.45, 2.75) is 6.92 Å². The maximum Gasteiger partial charge on any atom is 0.339 e. The highest BCUT2D eigenvalue weighted by atomic mass is 16.5. The summed E-state index contributed by atoms with van der Waals surface area (Å²) in [6, 6.07) is 15.9. The molecule has 8 nitrogen and oxygen atoms in total. The van der Waals surface area contributed by atoms with E-state index in [1.165, 1.54) is 14.0 Å². The zero-order valence-electron chi connectivity index (χ0n) is 15.4. The first-order valence-electron chi connectivity index (χ1n) is 8.47. The number of esters is 1. The minimum absolute atomic E-state index is 0.125. The number of ether oxygens (including phenoxy) is 1. The molecule has 0 spiro atoms. The van der Waals surface area contributed by atoms with E-state index in [1.807, 2.05) is 12.1 Å². The molecule has 142 valence electrons. The van der Waals surface area contributed by atoms with Gasteiger partial charge in [-0.25, -0.2) is 9.78 Å². The standard InChI is InChI=1S/C20H19N5O3/c1-13(26)22-14-7-9-15(10-8-14)23-18-11-12-21-20(25-18)24-17-6-4-3-5-16(17)19(27)28-2/h3-12H,1-2H3,(H,22,26)(H2,21,23,24,25). The van der Waals surface area contributed by atoms with Crippen LogP contribution in [0.15, 0.2) is 60.8 Å². The van der Waals surface area contributed by atoms with Crippen LogP contribution in [-0.2, 0) is 9.53 Å². The Balaban J connectivity index is 1.74. The molecule has 0 radical (unpaired) electrons. The van der Waals surface area contributed by atoms with Crippen LogP contribution in [0.2, 0.25) is 0 Å². The highest BCUT2D eigenvalue weighted by Gasteiger charge is 2.12. The summed E-state index contributed by atoms with van der Waals surface area (Å²) in [7, 11) is 1.33. The molecule has 0 aliphatic heterocycles. The van der Waals surface area contributed by atoms with Crippen molar-refractivity contribution in [3.63, 3.8) is 0 Å². The number of nitrogens with one attached hydrogen (secondary N) is 3. The van der Waals surface area contributed by atoms with Gasteiger partial charge in [0, 0.05) is 24.5 Å². The number of carbonyl (C=O) groups is 2. The van der Waals surface area contributed by atoms with Crippen LogP contribution in [0, 0.1) is 0 Å². The Bertz CT molecular complexity index is 989. The van der Waals surface area contributed by atoms with E-state index in [0.717, 1.165) is 5.69 Å². The molecule has 0 aliphatic carbocycles. The van der Waals surface area contributed by atoms with Crippen molar-refractivity contribution in [1.29, 1.82) is 0 Å². The topological polar surface area (TPSA) is 105 Å². The van der Waals surface area contributed by atoms with Gasteiger partial charge in [0.2, 0.25) is 11.9 Å². The van der Waals surface area contributed by atoms with Crippen molar-refractivity contribution in [2.75, 3.05) is 23.1 Å². The first kappa shape index (κ1) is 18.8. The Kier molecular flexibility index (Phi) is 5.81. The van der Waals surface area contributed by atoms with Gasteiger partial charge in [-0.15, -0.1) is 0 Å². The van der Waals surface area contributed by atoms with Crippen LogP contribution in [0.3, 0.4) is 0 Å². The van der Waals surface area contributed by atoms with E-state index in [9.17, 15) is 9.59 Å². The third-order valence-corrected chi connectivity index (χ3v) is 3.71. The molecule has 3 aromatic rings. The van der Waals surface area contributed by atoms with Crippen molar-refractivity contribution in [2.24, 2.45) is 0 Å². The lowest BCUT2D eigenvalue weighted by molar-refractivity contribution is -0.114. The van der Waals surface area contributed by atoms with Gasteiger partial charge < -0.3 is 20.7 Å². The molecule has 28 heavy (non-hydrogen) atoms. The van der Waals surface area contributed by atoms with Crippen LogP contribution in [0.25, 0.3) is 0 Å². The lowest BCUT2D eigenvalue weighted by atomic mass is 10.2. The molecule has 1 amide bonds. The summed E-state index contributed by atoms with van der Waals surface area (Å²) in [5.41, 5.74) is 2.45. The van der Waals surface area contributed by atoms with Crippen LogP contribution in [0.5, 0.6) is 0 Å². The van der Waals surface area contributed by atoms with E-state index < -0.39 is 5.97 Å². The second kappa shape index (κ2) is 8.63. The van der Waals surface area contributed by atoms with Gasteiger partial charge in [0.05, 0.1) is 18.4 Å². The van der Waals surface area contributed by atoms with Gasteiger partial charge in [0.1, 0.15) is 5.82 Å². The van der Waals surface area contributed by atoms with Crippen LogP contribution in [0.1, 0.15) is 17.3 Å². The molecule has 0 aliphatic rings. The maximum absolute atomic E-state index is 11.9. The largest absolute Gasteiger partial charge is 0.465 e. The Morgan fingerprint density at radius 3 is 2.36 bits per heavy atom. The Hall–Kier alpha value is -3.94. The number of nitrogens with zero attached hydrogens (tertiary/aromatic N) is 2. The van der Waals surface area contributed by atoms with Crippen molar-refractivity contribution < 1.29 is 14.3 Å². The number of amides is 1. The second-order valence-electron chi connectivity index (χ2n) is 5.81. The predicted molar refractivity (Wildman–Crippen MR) is 107 cm³/mol. The highest BCUT2D eigenvalue weighted by Crippen LogP contribution is 2.22. The zero-order valence-corrected chi connectivity index (χ0v) is 15.4. The summed E-state index contributed by atoms with van der Waals surface area (Å²) in [6.07, 6.45) is 1.60. The van der Waals surface area contributed by atoms with Gasteiger partial charge in [0.15, 0.2) is 0 Å². The minimum atomic E-state index is -0.448. The number of hydrogen-bond donors (Lipinski definition) is 3. The number of carbonyl (C=O) groups excluding carboxylic acids is 2. The van der Waals surface area contributed by atoms with Crippen molar-refractivity contribution in [3.05, 3.63) is 66.4 Å². The summed E-state index contributed by atoms with van der Waals surface area (Å²) in [5, 5.41) is 8.91. The molecule has 8 heteroatoms. The number of anilines is 5. The second-order valence-corrected chi connectivity index (χ2v) is 5.81. The molecule has 0 fully saturated rings. The van der Waals surface area contributed by atoms with Crippen LogP contribution in [0.4, 0.5) is 28.8 Å². The van der Waals surface area contributed by atoms with Gasteiger partial charge >= 0.3 is 5.97 Å². The fraction of sp³-hybridized carbons (Fsp3) is 0.100. The van der Waals surface area contributed by atoms with Crippen molar-refractivity contribution >= 4 is 40.7 Å².